The maximum Gasteiger partial charge on any atom is 0.185 e. The van der Waals surface area contributed by atoms with Gasteiger partial charge < -0.3 is 0 Å². The summed E-state index contributed by atoms with van der Waals surface area (Å²) in [5.74, 6) is 0.0683. The van der Waals surface area contributed by atoms with Crippen molar-refractivity contribution in [3.63, 3.8) is 0 Å². The minimum absolute atomic E-state index is 0.0234. The van der Waals surface area contributed by atoms with E-state index in [-0.39, 0.29) is 11.6 Å². The van der Waals surface area contributed by atoms with E-state index >= 15 is 0 Å². The fourth-order valence-electron chi connectivity index (χ4n) is 1.92. The highest BCUT2D eigenvalue weighted by atomic mass is 16.1. The summed E-state index contributed by atoms with van der Waals surface area (Å²) in [5, 5.41) is 0. The van der Waals surface area contributed by atoms with Gasteiger partial charge in [-0.15, -0.1) is 0 Å². The number of carbonyl (C=O) groups is 2. The standard InChI is InChI=1S/C15H20O2/c1-6-9(2)7-8-13-12(5)14(16)10(3)11(4)15(13)17/h6H,7-8H2,1-5H3. The fraction of sp³-hybridized carbons (Fsp3) is 0.467. The van der Waals surface area contributed by atoms with Crippen molar-refractivity contribution in [3.8, 4) is 0 Å². The second-order valence-electron chi connectivity index (χ2n) is 4.65. The number of hydrogen-bond acceptors (Lipinski definition) is 2. The molecule has 0 radical (unpaired) electrons. The Labute approximate surface area is 103 Å². The van der Waals surface area contributed by atoms with E-state index in [4.69, 9.17) is 0 Å². The largest absolute Gasteiger partial charge is 0.289 e. The van der Waals surface area contributed by atoms with E-state index in [1.165, 1.54) is 5.57 Å². The van der Waals surface area contributed by atoms with Crippen LogP contribution in [0.1, 0.15) is 47.5 Å². The van der Waals surface area contributed by atoms with Gasteiger partial charge in [-0.3, -0.25) is 9.59 Å². The van der Waals surface area contributed by atoms with Gasteiger partial charge in [-0.1, -0.05) is 11.6 Å². The fourth-order valence-corrected chi connectivity index (χ4v) is 1.92. The molecule has 2 nitrogen and oxygen atoms in total. The molecule has 1 aliphatic rings. The summed E-state index contributed by atoms with van der Waals surface area (Å²) in [5.41, 5.74) is 3.77. The van der Waals surface area contributed by atoms with Crippen molar-refractivity contribution < 1.29 is 9.59 Å². The Hall–Kier alpha value is -1.44. The molecule has 0 fully saturated rings. The zero-order valence-electron chi connectivity index (χ0n) is 11.3. The number of hydrogen-bond donors (Lipinski definition) is 0. The third-order valence-electron chi connectivity index (χ3n) is 3.57. The van der Waals surface area contributed by atoms with E-state index < -0.39 is 0 Å². The van der Waals surface area contributed by atoms with Gasteiger partial charge in [0, 0.05) is 22.3 Å². The van der Waals surface area contributed by atoms with Crippen molar-refractivity contribution in [1.29, 1.82) is 0 Å². The van der Waals surface area contributed by atoms with E-state index in [1.807, 2.05) is 19.9 Å². The summed E-state index contributed by atoms with van der Waals surface area (Å²) >= 11 is 0. The Balaban J connectivity index is 2.99. The van der Waals surface area contributed by atoms with Crippen molar-refractivity contribution in [2.45, 2.75) is 47.5 Å². The number of allylic oxidation sites excluding steroid dienone is 6. The van der Waals surface area contributed by atoms with Crippen LogP contribution in [-0.4, -0.2) is 11.6 Å². The summed E-state index contributed by atoms with van der Waals surface area (Å²) in [6, 6.07) is 0. The summed E-state index contributed by atoms with van der Waals surface area (Å²) in [6.07, 6.45) is 3.55. The smallest absolute Gasteiger partial charge is 0.185 e. The van der Waals surface area contributed by atoms with Gasteiger partial charge in [0.15, 0.2) is 11.6 Å². The molecule has 17 heavy (non-hydrogen) atoms. The number of rotatable bonds is 3. The first-order valence-corrected chi connectivity index (χ1v) is 5.98. The molecule has 0 N–H and O–H groups in total. The molecular weight excluding hydrogens is 212 g/mol. The summed E-state index contributed by atoms with van der Waals surface area (Å²) in [7, 11) is 0. The zero-order valence-corrected chi connectivity index (χ0v) is 11.3. The third-order valence-corrected chi connectivity index (χ3v) is 3.57. The molecule has 0 unspecified atom stereocenters. The van der Waals surface area contributed by atoms with Gasteiger partial charge >= 0.3 is 0 Å². The Bertz CT molecular complexity index is 459. The third kappa shape index (κ3) is 2.63. The molecule has 2 heteroatoms. The minimum Gasteiger partial charge on any atom is -0.289 e. The summed E-state index contributed by atoms with van der Waals surface area (Å²) in [6.45, 7) is 9.26. The van der Waals surface area contributed by atoms with E-state index in [9.17, 15) is 9.59 Å². The Morgan fingerprint density at radius 1 is 1.00 bits per heavy atom. The highest BCUT2D eigenvalue weighted by Crippen LogP contribution is 2.27. The second-order valence-corrected chi connectivity index (χ2v) is 4.65. The lowest BCUT2D eigenvalue weighted by atomic mass is 9.83. The topological polar surface area (TPSA) is 34.1 Å². The van der Waals surface area contributed by atoms with Crippen LogP contribution in [0.15, 0.2) is 33.9 Å². The van der Waals surface area contributed by atoms with Gasteiger partial charge in [0.2, 0.25) is 0 Å². The van der Waals surface area contributed by atoms with Crippen LogP contribution in [0.2, 0.25) is 0 Å². The molecule has 0 aromatic carbocycles. The molecule has 1 aliphatic carbocycles. The van der Waals surface area contributed by atoms with Gasteiger partial charge in [0.25, 0.3) is 0 Å². The molecule has 0 bridgehead atoms. The van der Waals surface area contributed by atoms with Crippen molar-refractivity contribution in [2.75, 3.05) is 0 Å². The van der Waals surface area contributed by atoms with Crippen LogP contribution in [0, 0.1) is 0 Å². The van der Waals surface area contributed by atoms with Crippen LogP contribution < -0.4 is 0 Å². The van der Waals surface area contributed by atoms with E-state index in [2.05, 4.69) is 0 Å². The Morgan fingerprint density at radius 2 is 1.53 bits per heavy atom. The second kappa shape index (κ2) is 5.26. The predicted molar refractivity (Wildman–Crippen MR) is 69.8 cm³/mol. The van der Waals surface area contributed by atoms with Crippen molar-refractivity contribution in [1.82, 2.24) is 0 Å². The lowest BCUT2D eigenvalue weighted by Gasteiger charge is -2.18. The molecule has 0 spiro atoms. The zero-order chi connectivity index (χ0) is 13.2. The first-order valence-electron chi connectivity index (χ1n) is 5.98. The molecule has 0 aromatic rings. The average molecular weight is 232 g/mol. The number of ketones is 2. The summed E-state index contributed by atoms with van der Waals surface area (Å²) < 4.78 is 0. The van der Waals surface area contributed by atoms with E-state index in [0.717, 1.165) is 6.42 Å². The SMILES string of the molecule is CC=C(C)CCC1=C(C)C(=O)C(C)=C(C)C1=O. The van der Waals surface area contributed by atoms with Crippen LogP contribution >= 0.6 is 0 Å². The van der Waals surface area contributed by atoms with Gasteiger partial charge in [-0.25, -0.2) is 0 Å². The van der Waals surface area contributed by atoms with Gasteiger partial charge in [0.1, 0.15) is 0 Å². The van der Waals surface area contributed by atoms with Crippen molar-refractivity contribution in [2.24, 2.45) is 0 Å². The van der Waals surface area contributed by atoms with Crippen LogP contribution in [-0.2, 0) is 9.59 Å². The van der Waals surface area contributed by atoms with Gasteiger partial charge in [-0.05, 0) is 47.5 Å². The van der Waals surface area contributed by atoms with Crippen LogP contribution in [0.4, 0.5) is 0 Å². The van der Waals surface area contributed by atoms with Crippen LogP contribution in [0.25, 0.3) is 0 Å². The van der Waals surface area contributed by atoms with Crippen molar-refractivity contribution in [3.05, 3.63) is 33.9 Å². The number of carbonyl (C=O) groups excluding carboxylic acids is 2. The molecular formula is C15H20O2. The van der Waals surface area contributed by atoms with E-state index in [1.54, 1.807) is 20.8 Å². The minimum atomic E-state index is 0.0234. The number of Topliss-reactive ketones (excluding diaryl/α,β-unsaturated/α-hetero) is 2. The molecule has 0 aromatic heterocycles. The highest BCUT2D eigenvalue weighted by Gasteiger charge is 2.27. The van der Waals surface area contributed by atoms with Crippen LogP contribution in [0.3, 0.4) is 0 Å². The lowest BCUT2D eigenvalue weighted by Crippen LogP contribution is -2.20. The van der Waals surface area contributed by atoms with Crippen LogP contribution in [0.5, 0.6) is 0 Å². The maximum absolute atomic E-state index is 12.1. The summed E-state index contributed by atoms with van der Waals surface area (Å²) in [4.78, 5) is 24.0. The normalized spacial score (nSPS) is 18.3. The monoisotopic (exact) mass is 232 g/mol. The Kier molecular flexibility index (Phi) is 4.22. The first-order chi connectivity index (χ1) is 7.90. The molecule has 0 aliphatic heterocycles. The Morgan fingerprint density at radius 3 is 2.06 bits per heavy atom. The molecule has 92 valence electrons. The quantitative estimate of drug-likeness (QED) is 0.551. The van der Waals surface area contributed by atoms with Crippen molar-refractivity contribution >= 4 is 11.6 Å². The molecule has 1 rings (SSSR count). The molecule has 0 atom stereocenters. The average Bonchev–Trinajstić information content (AvgIpc) is 2.33. The molecule has 0 saturated heterocycles. The highest BCUT2D eigenvalue weighted by molar-refractivity contribution is 6.24. The first kappa shape index (κ1) is 13.6. The maximum atomic E-state index is 12.1. The van der Waals surface area contributed by atoms with E-state index in [0.29, 0.717) is 28.7 Å². The van der Waals surface area contributed by atoms with Gasteiger partial charge in [0.05, 0.1) is 0 Å². The van der Waals surface area contributed by atoms with Gasteiger partial charge in [-0.2, -0.15) is 0 Å². The lowest BCUT2D eigenvalue weighted by molar-refractivity contribution is -0.116. The molecule has 0 amide bonds. The molecule has 0 saturated carbocycles. The predicted octanol–water partition coefficient (Wildman–Crippen LogP) is 3.54. The molecule has 0 heterocycles.